The summed E-state index contributed by atoms with van der Waals surface area (Å²) >= 11 is 0. The topological polar surface area (TPSA) is 81.9 Å². The Hall–Kier alpha value is -2.44. The van der Waals surface area contributed by atoms with Gasteiger partial charge in [0, 0.05) is 38.6 Å². The summed E-state index contributed by atoms with van der Waals surface area (Å²) in [4.78, 5) is 24.3. The van der Waals surface area contributed by atoms with Crippen LogP contribution in [0.25, 0.3) is 0 Å². The van der Waals surface area contributed by atoms with Crippen LogP contribution in [-0.4, -0.2) is 38.6 Å². The highest BCUT2D eigenvalue weighted by atomic mass is 16.5. The van der Waals surface area contributed by atoms with E-state index in [1.165, 1.54) is 6.20 Å². The van der Waals surface area contributed by atoms with Crippen LogP contribution in [0.3, 0.4) is 0 Å². The molecule has 2 aromatic rings. The average Bonchev–Trinajstić information content (AvgIpc) is 2.85. The van der Waals surface area contributed by atoms with Crippen LogP contribution in [0, 0.1) is 6.92 Å². The molecular formula is C14H19N5O2. The number of aromatic nitrogens is 4. The number of carbonyl (C=O) groups is 1. The quantitative estimate of drug-likeness (QED) is 0.808. The lowest BCUT2D eigenvalue weighted by molar-refractivity contribution is 0.0524. The summed E-state index contributed by atoms with van der Waals surface area (Å²) in [6.07, 6.45) is 5.93. The van der Waals surface area contributed by atoms with E-state index in [2.05, 4.69) is 20.3 Å². The Balaban J connectivity index is 1.94. The molecule has 1 N–H and O–H groups in total. The normalized spacial score (nSPS) is 10.4. The maximum Gasteiger partial charge on any atom is 0.341 e. The number of carbonyl (C=O) groups excluding carboxylic acids is 1. The molecule has 7 heteroatoms. The summed E-state index contributed by atoms with van der Waals surface area (Å²) in [5, 5.41) is 3.12. The lowest BCUT2D eigenvalue weighted by Crippen LogP contribution is -2.13. The molecule has 0 saturated carbocycles. The van der Waals surface area contributed by atoms with Crippen molar-refractivity contribution in [3.8, 4) is 0 Å². The molecule has 2 heterocycles. The van der Waals surface area contributed by atoms with Crippen molar-refractivity contribution < 1.29 is 9.53 Å². The summed E-state index contributed by atoms with van der Waals surface area (Å²) in [6.45, 7) is 4.53. The highest BCUT2D eigenvalue weighted by Crippen LogP contribution is 2.08. The van der Waals surface area contributed by atoms with Crippen LogP contribution in [0.4, 0.5) is 5.95 Å². The molecule has 7 nitrogen and oxygen atoms in total. The van der Waals surface area contributed by atoms with Gasteiger partial charge in [-0.3, -0.25) is 0 Å². The van der Waals surface area contributed by atoms with Crippen LogP contribution < -0.4 is 5.32 Å². The highest BCUT2D eigenvalue weighted by molar-refractivity contribution is 5.90. The van der Waals surface area contributed by atoms with Gasteiger partial charge in [-0.25, -0.2) is 19.7 Å². The van der Waals surface area contributed by atoms with Gasteiger partial charge < -0.3 is 14.6 Å². The lowest BCUT2D eigenvalue weighted by Gasteiger charge is -2.08. The van der Waals surface area contributed by atoms with E-state index in [0.29, 0.717) is 30.4 Å². The maximum atomic E-state index is 11.7. The zero-order chi connectivity index (χ0) is 15.2. The number of imidazole rings is 1. The minimum absolute atomic E-state index is 0.335. The van der Waals surface area contributed by atoms with E-state index in [1.807, 2.05) is 17.8 Å². The molecule has 0 radical (unpaired) electrons. The molecule has 0 aliphatic carbocycles. The van der Waals surface area contributed by atoms with Gasteiger partial charge in [-0.2, -0.15) is 0 Å². The molecule has 21 heavy (non-hydrogen) atoms. The average molecular weight is 289 g/mol. The third kappa shape index (κ3) is 3.77. The van der Waals surface area contributed by atoms with Crippen molar-refractivity contribution >= 4 is 11.9 Å². The third-order valence-corrected chi connectivity index (χ3v) is 3.03. The van der Waals surface area contributed by atoms with Crippen LogP contribution in [0.2, 0.25) is 0 Å². The number of hydrogen-bond acceptors (Lipinski definition) is 6. The fourth-order valence-corrected chi connectivity index (χ4v) is 1.88. The van der Waals surface area contributed by atoms with E-state index in [-0.39, 0.29) is 0 Å². The van der Waals surface area contributed by atoms with Crippen molar-refractivity contribution in [1.82, 2.24) is 19.5 Å². The number of anilines is 1. The molecular weight excluding hydrogens is 270 g/mol. The molecule has 0 saturated heterocycles. The number of nitrogens with one attached hydrogen (secondary N) is 1. The third-order valence-electron chi connectivity index (χ3n) is 3.03. The van der Waals surface area contributed by atoms with Gasteiger partial charge in [0.1, 0.15) is 5.82 Å². The molecule has 0 atom stereocenters. The molecule has 2 aromatic heterocycles. The van der Waals surface area contributed by atoms with Gasteiger partial charge in [-0.15, -0.1) is 0 Å². The Morgan fingerprint density at radius 2 is 2.24 bits per heavy atom. The van der Waals surface area contributed by atoms with Gasteiger partial charge >= 0.3 is 5.97 Å². The first-order valence-electron chi connectivity index (χ1n) is 6.82. The fourth-order valence-electron chi connectivity index (χ4n) is 1.88. The molecule has 0 aliphatic rings. The summed E-state index contributed by atoms with van der Waals surface area (Å²) in [7, 11) is 1.96. The molecule has 0 aromatic carbocycles. The first-order valence-corrected chi connectivity index (χ1v) is 6.82. The predicted octanol–water partition coefficient (Wildman–Crippen LogP) is 1.35. The first kappa shape index (κ1) is 15.0. The van der Waals surface area contributed by atoms with Gasteiger partial charge in [0.2, 0.25) is 5.95 Å². The Bertz CT molecular complexity index is 624. The number of hydrogen-bond donors (Lipinski definition) is 1. The van der Waals surface area contributed by atoms with E-state index in [9.17, 15) is 4.79 Å². The van der Waals surface area contributed by atoms with Crippen molar-refractivity contribution in [2.75, 3.05) is 18.5 Å². The standard InChI is InChI=1S/C14H19N5O2/c1-4-21-13(20)11-9-17-14(18-10(11)2)16-6-5-12-15-7-8-19(12)3/h7-9H,4-6H2,1-3H3,(H,16,17,18). The van der Waals surface area contributed by atoms with Gasteiger partial charge in [0.25, 0.3) is 0 Å². The van der Waals surface area contributed by atoms with E-state index >= 15 is 0 Å². The fraction of sp³-hybridized carbons (Fsp3) is 0.429. The number of ether oxygens (including phenoxy) is 1. The van der Waals surface area contributed by atoms with Gasteiger partial charge in [0.05, 0.1) is 17.9 Å². The van der Waals surface area contributed by atoms with Crippen LogP contribution in [-0.2, 0) is 18.2 Å². The monoisotopic (exact) mass is 289 g/mol. The molecule has 0 unspecified atom stereocenters. The Morgan fingerprint density at radius 3 is 2.86 bits per heavy atom. The van der Waals surface area contributed by atoms with Gasteiger partial charge in [-0.05, 0) is 13.8 Å². The largest absolute Gasteiger partial charge is 0.462 e. The Labute approximate surface area is 123 Å². The van der Waals surface area contributed by atoms with Crippen LogP contribution >= 0.6 is 0 Å². The Morgan fingerprint density at radius 1 is 1.43 bits per heavy atom. The van der Waals surface area contributed by atoms with Crippen LogP contribution in [0.5, 0.6) is 0 Å². The lowest BCUT2D eigenvalue weighted by atomic mass is 10.2. The van der Waals surface area contributed by atoms with Gasteiger partial charge in [0.15, 0.2) is 0 Å². The molecule has 0 fully saturated rings. The number of esters is 1. The van der Waals surface area contributed by atoms with E-state index in [1.54, 1.807) is 20.0 Å². The minimum Gasteiger partial charge on any atom is -0.462 e. The zero-order valence-corrected chi connectivity index (χ0v) is 12.5. The first-order chi connectivity index (χ1) is 10.1. The number of nitrogens with zero attached hydrogens (tertiary/aromatic N) is 4. The number of rotatable bonds is 6. The SMILES string of the molecule is CCOC(=O)c1cnc(NCCc2nccn2C)nc1C. The van der Waals surface area contributed by atoms with E-state index in [0.717, 1.165) is 12.2 Å². The molecule has 0 aliphatic heterocycles. The van der Waals surface area contributed by atoms with E-state index < -0.39 is 5.97 Å². The van der Waals surface area contributed by atoms with Crippen molar-refractivity contribution in [3.05, 3.63) is 35.7 Å². The van der Waals surface area contributed by atoms with Crippen LogP contribution in [0.15, 0.2) is 18.6 Å². The molecule has 112 valence electrons. The molecule has 0 spiro atoms. The smallest absolute Gasteiger partial charge is 0.341 e. The molecule has 0 amide bonds. The highest BCUT2D eigenvalue weighted by Gasteiger charge is 2.12. The summed E-state index contributed by atoms with van der Waals surface area (Å²) < 4.78 is 6.91. The van der Waals surface area contributed by atoms with Crippen molar-refractivity contribution in [2.24, 2.45) is 7.05 Å². The zero-order valence-electron chi connectivity index (χ0n) is 12.5. The summed E-state index contributed by atoms with van der Waals surface area (Å²) in [5.74, 6) is 1.09. The predicted molar refractivity (Wildman–Crippen MR) is 78.1 cm³/mol. The second-order valence-electron chi connectivity index (χ2n) is 4.54. The minimum atomic E-state index is -0.394. The Kier molecular flexibility index (Phi) is 4.86. The summed E-state index contributed by atoms with van der Waals surface area (Å²) in [6, 6.07) is 0. The maximum absolute atomic E-state index is 11.7. The van der Waals surface area contributed by atoms with Crippen LogP contribution in [0.1, 0.15) is 28.8 Å². The van der Waals surface area contributed by atoms with Gasteiger partial charge in [-0.1, -0.05) is 0 Å². The van der Waals surface area contributed by atoms with Crippen molar-refractivity contribution in [3.63, 3.8) is 0 Å². The van der Waals surface area contributed by atoms with Crippen molar-refractivity contribution in [1.29, 1.82) is 0 Å². The molecule has 2 rings (SSSR count). The number of aryl methyl sites for hydroxylation is 2. The second kappa shape index (κ2) is 6.83. The van der Waals surface area contributed by atoms with E-state index in [4.69, 9.17) is 4.74 Å². The second-order valence-corrected chi connectivity index (χ2v) is 4.54. The summed E-state index contributed by atoms with van der Waals surface area (Å²) in [5.41, 5.74) is 0.995. The molecule has 0 bridgehead atoms. The van der Waals surface area contributed by atoms with Crippen molar-refractivity contribution in [2.45, 2.75) is 20.3 Å².